The SMILES string of the molecule is CC(C)(C)c1ccc(Cn2ccc3c(C=O)cccc32)cc1. The monoisotopic (exact) mass is 291 g/mol. The van der Waals surface area contributed by atoms with E-state index in [1.807, 2.05) is 18.2 Å². The molecule has 3 rings (SSSR count). The summed E-state index contributed by atoms with van der Waals surface area (Å²) in [7, 11) is 0. The lowest BCUT2D eigenvalue weighted by molar-refractivity contribution is 0.112. The van der Waals surface area contributed by atoms with Crippen LogP contribution in [-0.4, -0.2) is 10.9 Å². The third-order valence-corrected chi connectivity index (χ3v) is 4.15. The Hall–Kier alpha value is -2.35. The highest BCUT2D eigenvalue weighted by Crippen LogP contribution is 2.24. The Morgan fingerprint density at radius 3 is 2.36 bits per heavy atom. The first kappa shape index (κ1) is 14.6. The Kier molecular flexibility index (Phi) is 3.61. The minimum absolute atomic E-state index is 0.178. The van der Waals surface area contributed by atoms with Crippen LogP contribution in [0.15, 0.2) is 54.7 Å². The van der Waals surface area contributed by atoms with Gasteiger partial charge in [0.2, 0.25) is 0 Å². The van der Waals surface area contributed by atoms with E-state index in [0.717, 1.165) is 29.3 Å². The topological polar surface area (TPSA) is 22.0 Å². The van der Waals surface area contributed by atoms with Gasteiger partial charge in [-0.25, -0.2) is 0 Å². The van der Waals surface area contributed by atoms with Crippen molar-refractivity contribution in [3.63, 3.8) is 0 Å². The summed E-state index contributed by atoms with van der Waals surface area (Å²) >= 11 is 0. The van der Waals surface area contributed by atoms with Crippen molar-refractivity contribution in [3.8, 4) is 0 Å². The third kappa shape index (κ3) is 2.69. The second kappa shape index (κ2) is 5.45. The number of aromatic nitrogens is 1. The number of carbonyl (C=O) groups is 1. The molecule has 22 heavy (non-hydrogen) atoms. The zero-order chi connectivity index (χ0) is 15.7. The predicted molar refractivity (Wildman–Crippen MR) is 91.6 cm³/mol. The van der Waals surface area contributed by atoms with Gasteiger partial charge in [0, 0.05) is 29.2 Å². The molecule has 0 radical (unpaired) electrons. The zero-order valence-corrected chi connectivity index (χ0v) is 13.3. The van der Waals surface area contributed by atoms with E-state index in [1.165, 1.54) is 11.1 Å². The Balaban J connectivity index is 1.92. The Labute approximate surface area is 131 Å². The Morgan fingerprint density at radius 2 is 1.73 bits per heavy atom. The quantitative estimate of drug-likeness (QED) is 0.635. The molecule has 0 spiro atoms. The average Bonchev–Trinajstić information content (AvgIpc) is 2.90. The minimum Gasteiger partial charge on any atom is -0.343 e. The smallest absolute Gasteiger partial charge is 0.150 e. The van der Waals surface area contributed by atoms with Crippen LogP contribution in [0, 0.1) is 0 Å². The summed E-state index contributed by atoms with van der Waals surface area (Å²) in [6.07, 6.45) is 2.97. The summed E-state index contributed by atoms with van der Waals surface area (Å²) in [5, 5.41) is 1.02. The van der Waals surface area contributed by atoms with Gasteiger partial charge in [0.15, 0.2) is 6.29 Å². The molecule has 1 heterocycles. The molecular weight excluding hydrogens is 270 g/mol. The second-order valence-corrected chi connectivity index (χ2v) is 6.79. The van der Waals surface area contributed by atoms with Gasteiger partial charge in [0.05, 0.1) is 0 Å². The summed E-state index contributed by atoms with van der Waals surface area (Å²) in [4.78, 5) is 11.1. The van der Waals surface area contributed by atoms with Gasteiger partial charge in [-0.15, -0.1) is 0 Å². The maximum atomic E-state index is 11.1. The van der Waals surface area contributed by atoms with Crippen molar-refractivity contribution in [2.24, 2.45) is 0 Å². The van der Waals surface area contributed by atoms with E-state index in [2.05, 4.69) is 61.9 Å². The van der Waals surface area contributed by atoms with Crippen LogP contribution in [0.3, 0.4) is 0 Å². The highest BCUT2D eigenvalue weighted by molar-refractivity contribution is 5.97. The molecule has 0 aliphatic rings. The molecule has 0 saturated carbocycles. The standard InChI is InChI=1S/C20H21NO/c1-20(2,3)17-9-7-15(8-10-17)13-21-12-11-18-16(14-22)5-4-6-19(18)21/h4-12,14H,13H2,1-3H3. The predicted octanol–water partition coefficient (Wildman–Crippen LogP) is 4.80. The number of hydrogen-bond donors (Lipinski definition) is 0. The molecule has 2 aromatic carbocycles. The molecule has 0 amide bonds. The number of fused-ring (bicyclic) bond motifs is 1. The number of carbonyl (C=O) groups excluding carboxylic acids is 1. The van der Waals surface area contributed by atoms with Crippen LogP contribution in [0.2, 0.25) is 0 Å². The first-order valence-electron chi connectivity index (χ1n) is 7.61. The van der Waals surface area contributed by atoms with E-state index in [4.69, 9.17) is 0 Å². The van der Waals surface area contributed by atoms with Gasteiger partial charge in [-0.3, -0.25) is 4.79 Å². The minimum atomic E-state index is 0.178. The molecule has 3 aromatic rings. The van der Waals surface area contributed by atoms with Crippen molar-refractivity contribution in [3.05, 3.63) is 71.4 Å². The van der Waals surface area contributed by atoms with Gasteiger partial charge in [0.25, 0.3) is 0 Å². The normalized spacial score (nSPS) is 11.8. The molecule has 2 nitrogen and oxygen atoms in total. The molecule has 112 valence electrons. The van der Waals surface area contributed by atoms with Gasteiger partial charge in [-0.05, 0) is 28.7 Å². The number of rotatable bonds is 3. The highest BCUT2D eigenvalue weighted by atomic mass is 16.1. The number of hydrogen-bond acceptors (Lipinski definition) is 1. The van der Waals surface area contributed by atoms with Crippen LogP contribution >= 0.6 is 0 Å². The van der Waals surface area contributed by atoms with Crippen molar-refractivity contribution in [2.75, 3.05) is 0 Å². The Bertz CT molecular complexity index is 804. The van der Waals surface area contributed by atoms with E-state index in [9.17, 15) is 4.79 Å². The first-order chi connectivity index (χ1) is 10.5. The van der Waals surface area contributed by atoms with Crippen molar-refractivity contribution in [1.29, 1.82) is 0 Å². The zero-order valence-electron chi connectivity index (χ0n) is 13.3. The fourth-order valence-corrected chi connectivity index (χ4v) is 2.79. The Morgan fingerprint density at radius 1 is 1.00 bits per heavy atom. The van der Waals surface area contributed by atoms with Crippen LogP contribution < -0.4 is 0 Å². The van der Waals surface area contributed by atoms with Crippen molar-refractivity contribution in [2.45, 2.75) is 32.7 Å². The molecule has 0 N–H and O–H groups in total. The van der Waals surface area contributed by atoms with Crippen LogP contribution in [0.5, 0.6) is 0 Å². The highest BCUT2D eigenvalue weighted by Gasteiger charge is 2.13. The van der Waals surface area contributed by atoms with Crippen molar-refractivity contribution < 1.29 is 4.79 Å². The van der Waals surface area contributed by atoms with E-state index in [0.29, 0.717) is 0 Å². The average molecular weight is 291 g/mol. The maximum Gasteiger partial charge on any atom is 0.150 e. The van der Waals surface area contributed by atoms with Crippen LogP contribution in [0.25, 0.3) is 10.9 Å². The van der Waals surface area contributed by atoms with E-state index < -0.39 is 0 Å². The van der Waals surface area contributed by atoms with Crippen molar-refractivity contribution >= 4 is 17.2 Å². The fourth-order valence-electron chi connectivity index (χ4n) is 2.79. The van der Waals surface area contributed by atoms with Gasteiger partial charge in [-0.1, -0.05) is 57.2 Å². The first-order valence-corrected chi connectivity index (χ1v) is 7.61. The lowest BCUT2D eigenvalue weighted by Crippen LogP contribution is -2.10. The van der Waals surface area contributed by atoms with Gasteiger partial charge < -0.3 is 4.57 Å². The molecule has 0 atom stereocenters. The molecule has 0 fully saturated rings. The summed E-state index contributed by atoms with van der Waals surface area (Å²) < 4.78 is 2.19. The number of nitrogens with zero attached hydrogens (tertiary/aromatic N) is 1. The van der Waals surface area contributed by atoms with E-state index >= 15 is 0 Å². The van der Waals surface area contributed by atoms with Gasteiger partial charge in [0.1, 0.15) is 0 Å². The van der Waals surface area contributed by atoms with Gasteiger partial charge in [-0.2, -0.15) is 0 Å². The molecule has 0 saturated heterocycles. The number of benzene rings is 2. The number of aldehydes is 1. The van der Waals surface area contributed by atoms with E-state index in [-0.39, 0.29) is 5.41 Å². The van der Waals surface area contributed by atoms with Crippen LogP contribution in [0.1, 0.15) is 42.3 Å². The second-order valence-electron chi connectivity index (χ2n) is 6.79. The fraction of sp³-hybridized carbons (Fsp3) is 0.250. The maximum absolute atomic E-state index is 11.1. The summed E-state index contributed by atoms with van der Waals surface area (Å²) in [5.41, 5.74) is 4.64. The third-order valence-electron chi connectivity index (χ3n) is 4.15. The van der Waals surface area contributed by atoms with E-state index in [1.54, 1.807) is 0 Å². The molecular formula is C20H21NO. The molecule has 1 aromatic heterocycles. The summed E-state index contributed by atoms with van der Waals surface area (Å²) in [5.74, 6) is 0. The summed E-state index contributed by atoms with van der Waals surface area (Å²) in [6, 6.07) is 16.7. The van der Waals surface area contributed by atoms with Crippen LogP contribution in [-0.2, 0) is 12.0 Å². The summed E-state index contributed by atoms with van der Waals surface area (Å²) in [6.45, 7) is 7.49. The lowest BCUT2D eigenvalue weighted by Gasteiger charge is -2.19. The molecule has 0 unspecified atom stereocenters. The van der Waals surface area contributed by atoms with Crippen molar-refractivity contribution in [1.82, 2.24) is 4.57 Å². The lowest BCUT2D eigenvalue weighted by atomic mass is 9.87. The molecule has 0 aliphatic carbocycles. The molecule has 2 heteroatoms. The van der Waals surface area contributed by atoms with Crippen LogP contribution in [0.4, 0.5) is 0 Å². The molecule has 0 aliphatic heterocycles. The molecule has 0 bridgehead atoms. The largest absolute Gasteiger partial charge is 0.343 e. The van der Waals surface area contributed by atoms with Gasteiger partial charge >= 0.3 is 0 Å².